The lowest BCUT2D eigenvalue weighted by molar-refractivity contribution is 0.429. The fraction of sp³-hybridized carbons (Fsp3) is 0.154. The molecule has 3 aromatic rings. The van der Waals surface area contributed by atoms with E-state index in [-0.39, 0.29) is 10.2 Å². The van der Waals surface area contributed by atoms with Gasteiger partial charge in [0.05, 0.1) is 0 Å². The van der Waals surface area contributed by atoms with Crippen molar-refractivity contribution in [3.8, 4) is 0 Å². The summed E-state index contributed by atoms with van der Waals surface area (Å²) >= 11 is 7.40. The van der Waals surface area contributed by atoms with E-state index < -0.39 is 10.0 Å². The van der Waals surface area contributed by atoms with E-state index in [1.165, 1.54) is 20.0 Å². The molecule has 0 radical (unpaired) electrons. The summed E-state index contributed by atoms with van der Waals surface area (Å²) in [7, 11) is -3.68. The van der Waals surface area contributed by atoms with Crippen LogP contribution in [0, 0.1) is 0 Å². The lowest BCUT2D eigenvalue weighted by Gasteiger charge is -2.14. The molecule has 0 aliphatic carbocycles. The van der Waals surface area contributed by atoms with E-state index in [2.05, 4.69) is 4.98 Å². The molecule has 5 nitrogen and oxygen atoms in total. The number of hydrogen-bond acceptors (Lipinski definition) is 4. The molecule has 0 unspecified atom stereocenters. The van der Waals surface area contributed by atoms with Crippen molar-refractivity contribution < 1.29 is 8.42 Å². The highest BCUT2D eigenvalue weighted by atomic mass is 35.5. The zero-order valence-electron chi connectivity index (χ0n) is 10.7. The van der Waals surface area contributed by atoms with Crippen LogP contribution in [0.3, 0.4) is 0 Å². The highest BCUT2D eigenvalue weighted by Crippen LogP contribution is 2.32. The van der Waals surface area contributed by atoms with Crippen LogP contribution < -0.4 is 0 Å². The molecule has 0 saturated carbocycles. The summed E-state index contributed by atoms with van der Waals surface area (Å²) in [4.78, 5) is 4.68. The Morgan fingerprint density at radius 1 is 1.19 bits per heavy atom. The highest BCUT2D eigenvalue weighted by molar-refractivity contribution is 7.89. The maximum atomic E-state index is 12.9. The molecule has 0 atom stereocenters. The van der Waals surface area contributed by atoms with Gasteiger partial charge in [-0.15, -0.1) is 11.3 Å². The minimum atomic E-state index is -3.68. The summed E-state index contributed by atoms with van der Waals surface area (Å²) < 4.78 is 28.7. The van der Waals surface area contributed by atoms with Crippen molar-refractivity contribution in [2.75, 3.05) is 0 Å². The average Bonchev–Trinajstić information content (AvgIpc) is 3.10. The van der Waals surface area contributed by atoms with E-state index in [1.54, 1.807) is 11.6 Å². The maximum absolute atomic E-state index is 12.9. The van der Waals surface area contributed by atoms with Gasteiger partial charge in [0.25, 0.3) is 10.0 Å². The van der Waals surface area contributed by atoms with Crippen LogP contribution >= 0.6 is 22.9 Å². The van der Waals surface area contributed by atoms with Gasteiger partial charge in [-0.25, -0.2) is 13.4 Å². The van der Waals surface area contributed by atoms with Crippen molar-refractivity contribution in [2.24, 2.45) is 0 Å². The molecule has 0 spiro atoms. The fourth-order valence-electron chi connectivity index (χ4n) is 2.56. The summed E-state index contributed by atoms with van der Waals surface area (Å²) in [6.07, 6.45) is 1.68. The second-order valence-corrected chi connectivity index (χ2v) is 7.89. The van der Waals surface area contributed by atoms with E-state index in [1.807, 2.05) is 24.3 Å². The van der Waals surface area contributed by atoms with Crippen LogP contribution in [0.1, 0.15) is 11.1 Å². The number of nitrogens with zero attached hydrogens (tertiary/aromatic N) is 3. The number of fused-ring (bicyclic) bond motifs is 2. The largest absolute Gasteiger partial charge is 0.279 e. The molecule has 2 aromatic heterocycles. The van der Waals surface area contributed by atoms with Crippen molar-refractivity contribution in [2.45, 2.75) is 18.1 Å². The highest BCUT2D eigenvalue weighted by Gasteiger charge is 2.35. The monoisotopic (exact) mass is 339 g/mol. The van der Waals surface area contributed by atoms with E-state index >= 15 is 0 Å². The molecule has 1 aromatic carbocycles. The molecule has 1 aliphatic heterocycles. The molecule has 21 heavy (non-hydrogen) atoms. The molecule has 0 bridgehead atoms. The third kappa shape index (κ3) is 1.92. The van der Waals surface area contributed by atoms with Gasteiger partial charge in [-0.2, -0.15) is 4.31 Å². The predicted octanol–water partition coefficient (Wildman–Crippen LogP) is 2.75. The average molecular weight is 340 g/mol. The Morgan fingerprint density at radius 3 is 2.52 bits per heavy atom. The molecule has 0 N–H and O–H groups in total. The molecule has 0 saturated heterocycles. The number of benzene rings is 1. The van der Waals surface area contributed by atoms with Crippen LogP contribution in [0.4, 0.5) is 0 Å². The Morgan fingerprint density at radius 2 is 1.86 bits per heavy atom. The first-order valence-corrected chi connectivity index (χ1v) is 8.95. The van der Waals surface area contributed by atoms with Crippen molar-refractivity contribution in [3.05, 3.63) is 52.1 Å². The Labute approximate surface area is 130 Å². The smallest absolute Gasteiger partial charge is 0.262 e. The van der Waals surface area contributed by atoms with Gasteiger partial charge < -0.3 is 0 Å². The standard InChI is InChI=1S/C13H10ClN3O2S2/c14-11-12(17-5-6-20-13(17)15-11)21(18,19)16-7-9-3-1-2-4-10(9)8-16/h1-6H,7-8H2. The van der Waals surface area contributed by atoms with Gasteiger partial charge >= 0.3 is 0 Å². The minimum absolute atomic E-state index is 0.0257. The number of sulfonamides is 1. The zero-order chi connectivity index (χ0) is 14.6. The van der Waals surface area contributed by atoms with Gasteiger partial charge in [0.2, 0.25) is 0 Å². The van der Waals surface area contributed by atoms with Gasteiger partial charge in [-0.3, -0.25) is 4.40 Å². The molecule has 0 amide bonds. The second-order valence-electron chi connectivity index (χ2n) is 4.81. The Bertz CT molecular complexity index is 920. The van der Waals surface area contributed by atoms with Gasteiger partial charge in [-0.1, -0.05) is 35.9 Å². The fourth-order valence-corrected chi connectivity index (χ4v) is 5.37. The van der Waals surface area contributed by atoms with Gasteiger partial charge in [0.1, 0.15) is 0 Å². The number of imidazole rings is 1. The molecule has 108 valence electrons. The summed E-state index contributed by atoms with van der Waals surface area (Å²) in [5.74, 6) is 0. The van der Waals surface area contributed by atoms with Crippen molar-refractivity contribution in [3.63, 3.8) is 0 Å². The molecule has 0 fully saturated rings. The van der Waals surface area contributed by atoms with Crippen LogP contribution in [0.5, 0.6) is 0 Å². The maximum Gasteiger partial charge on any atom is 0.262 e. The molecule has 1 aliphatic rings. The van der Waals surface area contributed by atoms with E-state index in [4.69, 9.17) is 11.6 Å². The lowest BCUT2D eigenvalue weighted by Crippen LogP contribution is -2.26. The minimum Gasteiger partial charge on any atom is -0.279 e. The Hall–Kier alpha value is -1.41. The Kier molecular flexibility index (Phi) is 2.87. The van der Waals surface area contributed by atoms with E-state index in [0.29, 0.717) is 18.1 Å². The van der Waals surface area contributed by atoms with Crippen LogP contribution in [-0.4, -0.2) is 22.1 Å². The van der Waals surface area contributed by atoms with Crippen molar-refractivity contribution in [1.82, 2.24) is 13.7 Å². The number of aromatic nitrogens is 2. The molecular formula is C13H10ClN3O2S2. The SMILES string of the molecule is O=S(=O)(c1c(Cl)nc2sccn12)N1Cc2ccccc2C1. The van der Waals surface area contributed by atoms with Crippen molar-refractivity contribution in [1.29, 1.82) is 0 Å². The zero-order valence-corrected chi connectivity index (χ0v) is 13.1. The van der Waals surface area contributed by atoms with Gasteiger partial charge in [0, 0.05) is 24.7 Å². The summed E-state index contributed by atoms with van der Waals surface area (Å²) in [5, 5.41) is 1.86. The number of thiazole rings is 1. The third-order valence-corrected chi connectivity index (χ3v) is 6.52. The number of rotatable bonds is 2. The normalized spacial score (nSPS) is 15.7. The number of halogens is 1. The predicted molar refractivity (Wildman–Crippen MR) is 81.0 cm³/mol. The summed E-state index contributed by atoms with van der Waals surface area (Å²) in [5.41, 5.74) is 2.06. The van der Waals surface area contributed by atoms with Gasteiger partial charge in [0.15, 0.2) is 15.1 Å². The van der Waals surface area contributed by atoms with Crippen LogP contribution in [0.25, 0.3) is 4.96 Å². The van der Waals surface area contributed by atoms with Crippen LogP contribution in [0.15, 0.2) is 40.9 Å². The second kappa shape index (κ2) is 4.54. The first-order chi connectivity index (χ1) is 10.1. The van der Waals surface area contributed by atoms with Crippen LogP contribution in [0.2, 0.25) is 5.15 Å². The molecular weight excluding hydrogens is 330 g/mol. The summed E-state index contributed by atoms with van der Waals surface area (Å²) in [6, 6.07) is 7.72. The first-order valence-electron chi connectivity index (χ1n) is 6.25. The molecule has 8 heteroatoms. The molecule has 4 rings (SSSR count). The lowest BCUT2D eigenvalue weighted by atomic mass is 10.1. The first kappa shape index (κ1) is 13.3. The number of hydrogen-bond donors (Lipinski definition) is 0. The Balaban J connectivity index is 1.82. The summed E-state index contributed by atoms with van der Waals surface area (Å²) in [6.45, 7) is 0.735. The van der Waals surface area contributed by atoms with E-state index in [0.717, 1.165) is 11.1 Å². The van der Waals surface area contributed by atoms with Crippen molar-refractivity contribution >= 4 is 37.9 Å². The van der Waals surface area contributed by atoms with Gasteiger partial charge in [-0.05, 0) is 11.1 Å². The van der Waals surface area contributed by atoms with E-state index in [9.17, 15) is 8.42 Å². The quantitative estimate of drug-likeness (QED) is 0.721. The van der Waals surface area contributed by atoms with Crippen LogP contribution in [-0.2, 0) is 23.1 Å². The molecule has 3 heterocycles. The third-order valence-electron chi connectivity index (χ3n) is 3.57. The topological polar surface area (TPSA) is 54.7 Å².